The van der Waals surface area contributed by atoms with Crippen LogP contribution in [0, 0.1) is 0 Å². The van der Waals surface area contributed by atoms with Crippen LogP contribution >= 0.6 is 0 Å². The van der Waals surface area contributed by atoms with E-state index in [4.69, 9.17) is 0 Å². The van der Waals surface area contributed by atoms with Gasteiger partial charge in [-0.3, -0.25) is 18.7 Å². The summed E-state index contributed by atoms with van der Waals surface area (Å²) in [6.07, 6.45) is 4.16. The SMILES string of the molecule is CCCC(CC)c1ccc(CN(CCCCCNC(=O)c2cc(S(=O)(=O)O)cc(O)c2O)C(=O)c2cc(S(=O)(=O)O)cc(O)c2O)cc1. The van der Waals surface area contributed by atoms with Crippen LogP contribution in [0.2, 0.25) is 0 Å². The molecular weight excluding hydrogens is 668 g/mol. The van der Waals surface area contributed by atoms with Crippen molar-refractivity contribution in [3.05, 3.63) is 70.8 Å². The number of phenolic OH excluding ortho intramolecular Hbond substituents is 4. The number of carbonyl (C=O) groups is 2. The molecule has 7 N–H and O–H groups in total. The Labute approximate surface area is 279 Å². The summed E-state index contributed by atoms with van der Waals surface area (Å²) in [5, 5.41) is 42.8. The first kappa shape index (κ1) is 38.1. The molecule has 0 bridgehead atoms. The van der Waals surface area contributed by atoms with Crippen molar-refractivity contribution >= 4 is 32.1 Å². The number of benzene rings is 3. The van der Waals surface area contributed by atoms with Crippen LogP contribution in [-0.4, -0.2) is 76.2 Å². The molecule has 3 aromatic carbocycles. The van der Waals surface area contributed by atoms with E-state index in [2.05, 4.69) is 19.2 Å². The summed E-state index contributed by atoms with van der Waals surface area (Å²) >= 11 is 0. The molecule has 48 heavy (non-hydrogen) atoms. The fourth-order valence-corrected chi connectivity index (χ4v) is 6.27. The zero-order chi connectivity index (χ0) is 35.8. The maximum atomic E-state index is 13.6. The average molecular weight is 709 g/mol. The molecule has 0 aliphatic heterocycles. The summed E-state index contributed by atoms with van der Waals surface area (Å²) in [6, 6.07) is 10.4. The Bertz CT molecular complexity index is 1840. The van der Waals surface area contributed by atoms with Gasteiger partial charge in [-0.05, 0) is 61.3 Å². The quantitative estimate of drug-likeness (QED) is 0.0617. The Kier molecular flexibility index (Phi) is 12.8. The Morgan fingerprint density at radius 1 is 0.771 bits per heavy atom. The first-order chi connectivity index (χ1) is 22.5. The Hall–Kier alpha value is -4.38. The number of phenols is 4. The minimum absolute atomic E-state index is 0.0476. The molecule has 1 atom stereocenters. The molecule has 0 aliphatic rings. The highest BCUT2D eigenvalue weighted by Crippen LogP contribution is 2.34. The molecule has 1 unspecified atom stereocenters. The first-order valence-corrected chi connectivity index (χ1v) is 18.1. The smallest absolute Gasteiger partial charge is 0.294 e. The number of hydrogen-bond donors (Lipinski definition) is 7. The maximum Gasteiger partial charge on any atom is 0.294 e. The third kappa shape index (κ3) is 9.82. The average Bonchev–Trinajstić information content (AvgIpc) is 3.02. The van der Waals surface area contributed by atoms with Gasteiger partial charge in [-0.15, -0.1) is 0 Å². The second-order valence-corrected chi connectivity index (χ2v) is 14.1. The van der Waals surface area contributed by atoms with Gasteiger partial charge in [-0.1, -0.05) is 44.5 Å². The van der Waals surface area contributed by atoms with Crippen LogP contribution in [0.1, 0.15) is 90.1 Å². The molecule has 0 heterocycles. The molecular formula is C32H40N2O12S2. The number of carbonyl (C=O) groups excluding carboxylic acids is 2. The van der Waals surface area contributed by atoms with Crippen LogP contribution < -0.4 is 5.32 Å². The minimum Gasteiger partial charge on any atom is -0.504 e. The highest BCUT2D eigenvalue weighted by atomic mass is 32.2. The lowest BCUT2D eigenvalue weighted by Crippen LogP contribution is -2.32. The molecule has 2 amide bonds. The number of rotatable bonds is 16. The second kappa shape index (κ2) is 16.1. The van der Waals surface area contributed by atoms with Gasteiger partial charge in [0.25, 0.3) is 32.1 Å². The van der Waals surface area contributed by atoms with Crippen molar-refractivity contribution in [1.29, 1.82) is 0 Å². The summed E-state index contributed by atoms with van der Waals surface area (Å²) in [5.41, 5.74) is 0.798. The summed E-state index contributed by atoms with van der Waals surface area (Å²) in [6.45, 7) is 4.43. The molecule has 0 aromatic heterocycles. The lowest BCUT2D eigenvalue weighted by Gasteiger charge is -2.24. The van der Waals surface area contributed by atoms with Gasteiger partial charge in [-0.25, -0.2) is 0 Å². The maximum absolute atomic E-state index is 13.6. The van der Waals surface area contributed by atoms with E-state index in [9.17, 15) is 56.0 Å². The van der Waals surface area contributed by atoms with Gasteiger partial charge in [0.15, 0.2) is 23.0 Å². The van der Waals surface area contributed by atoms with Crippen LogP contribution in [0.5, 0.6) is 23.0 Å². The lowest BCUT2D eigenvalue weighted by atomic mass is 9.91. The van der Waals surface area contributed by atoms with E-state index in [1.807, 2.05) is 24.3 Å². The van der Waals surface area contributed by atoms with E-state index >= 15 is 0 Å². The van der Waals surface area contributed by atoms with Crippen molar-refractivity contribution < 1.29 is 56.0 Å². The number of aromatic hydroxyl groups is 4. The predicted molar refractivity (Wildman–Crippen MR) is 174 cm³/mol. The number of nitrogens with one attached hydrogen (secondary N) is 1. The zero-order valence-electron chi connectivity index (χ0n) is 26.5. The molecule has 14 nitrogen and oxygen atoms in total. The molecule has 0 spiro atoms. The van der Waals surface area contributed by atoms with E-state index in [0.717, 1.165) is 36.5 Å². The topological polar surface area (TPSA) is 239 Å². The van der Waals surface area contributed by atoms with E-state index in [1.54, 1.807) is 0 Å². The number of nitrogens with zero attached hydrogens (tertiary/aromatic N) is 1. The standard InChI is InChI=1S/C32H40N2O12S2/c1-3-8-21(4-2)22-11-9-20(10-12-22)19-34(32(40)26-16-24(48(44,45)46)18-28(36)30(26)38)14-7-5-6-13-33-31(39)25-15-23(47(41,42)43)17-27(35)29(25)37/h9-12,15-18,21,35-38H,3-8,13-14,19H2,1-2H3,(H,33,39)(H,41,42,43)(H,44,45,46). The molecule has 16 heteroatoms. The van der Waals surface area contributed by atoms with Crippen molar-refractivity contribution in [1.82, 2.24) is 10.2 Å². The highest BCUT2D eigenvalue weighted by Gasteiger charge is 2.25. The predicted octanol–water partition coefficient (Wildman–Crippen LogP) is 4.54. The van der Waals surface area contributed by atoms with Crippen molar-refractivity contribution in [3.8, 4) is 23.0 Å². The normalized spacial score (nSPS) is 12.4. The van der Waals surface area contributed by atoms with Crippen molar-refractivity contribution in [3.63, 3.8) is 0 Å². The molecule has 0 fully saturated rings. The molecule has 0 saturated carbocycles. The van der Waals surface area contributed by atoms with E-state index in [1.165, 1.54) is 4.90 Å². The Balaban J connectivity index is 1.74. The van der Waals surface area contributed by atoms with Crippen molar-refractivity contribution in [2.75, 3.05) is 13.1 Å². The largest absolute Gasteiger partial charge is 0.504 e. The molecule has 0 radical (unpaired) electrons. The van der Waals surface area contributed by atoms with Gasteiger partial charge in [0.2, 0.25) is 0 Å². The zero-order valence-corrected chi connectivity index (χ0v) is 28.1. The Morgan fingerprint density at radius 3 is 1.83 bits per heavy atom. The number of amides is 2. The van der Waals surface area contributed by atoms with E-state index in [-0.39, 0.29) is 19.6 Å². The molecule has 262 valence electrons. The lowest BCUT2D eigenvalue weighted by molar-refractivity contribution is 0.0735. The van der Waals surface area contributed by atoms with E-state index < -0.39 is 76.0 Å². The van der Waals surface area contributed by atoms with Crippen LogP contribution in [-0.2, 0) is 26.8 Å². The van der Waals surface area contributed by atoms with Crippen LogP contribution in [0.15, 0.2) is 58.3 Å². The molecule has 3 aromatic rings. The van der Waals surface area contributed by atoms with Gasteiger partial charge in [0, 0.05) is 31.8 Å². The summed E-state index contributed by atoms with van der Waals surface area (Å²) in [5.74, 6) is -4.88. The minimum atomic E-state index is -4.82. The molecule has 0 aliphatic carbocycles. The summed E-state index contributed by atoms with van der Waals surface area (Å²) < 4.78 is 65.1. The van der Waals surface area contributed by atoms with E-state index in [0.29, 0.717) is 43.4 Å². The van der Waals surface area contributed by atoms with Crippen LogP contribution in [0.25, 0.3) is 0 Å². The van der Waals surface area contributed by atoms with Gasteiger partial charge in [0.1, 0.15) is 0 Å². The van der Waals surface area contributed by atoms with Gasteiger partial charge >= 0.3 is 0 Å². The summed E-state index contributed by atoms with van der Waals surface area (Å²) in [4.78, 5) is 26.0. The third-order valence-corrected chi connectivity index (χ3v) is 9.49. The first-order valence-electron chi connectivity index (χ1n) is 15.2. The third-order valence-electron chi connectivity index (χ3n) is 7.83. The van der Waals surface area contributed by atoms with Crippen LogP contribution in [0.4, 0.5) is 0 Å². The fraction of sp³-hybridized carbons (Fsp3) is 0.375. The highest BCUT2D eigenvalue weighted by molar-refractivity contribution is 7.86. The second-order valence-electron chi connectivity index (χ2n) is 11.3. The van der Waals surface area contributed by atoms with Gasteiger partial charge < -0.3 is 30.6 Å². The van der Waals surface area contributed by atoms with Crippen molar-refractivity contribution in [2.24, 2.45) is 0 Å². The number of unbranched alkanes of at least 4 members (excludes halogenated alkanes) is 2. The van der Waals surface area contributed by atoms with Gasteiger partial charge in [0.05, 0.1) is 20.9 Å². The van der Waals surface area contributed by atoms with Gasteiger partial charge in [-0.2, -0.15) is 16.8 Å². The number of hydrogen-bond acceptors (Lipinski definition) is 10. The Morgan fingerprint density at radius 2 is 1.31 bits per heavy atom. The van der Waals surface area contributed by atoms with Crippen LogP contribution in [0.3, 0.4) is 0 Å². The monoisotopic (exact) mass is 708 g/mol. The summed E-state index contributed by atoms with van der Waals surface area (Å²) in [7, 11) is -9.59. The fourth-order valence-electron chi connectivity index (χ4n) is 5.22. The molecule has 0 saturated heterocycles. The van der Waals surface area contributed by atoms with Crippen molar-refractivity contribution in [2.45, 2.75) is 74.6 Å². The molecule has 3 rings (SSSR count).